The number of ether oxygens (including phenoxy) is 1. The first-order valence-electron chi connectivity index (χ1n) is 6.66. The minimum absolute atomic E-state index is 0.0336. The number of carboxylic acids is 1. The molecule has 2 unspecified atom stereocenters. The molecule has 2 aliphatic heterocycles. The molecule has 8 heteroatoms. The Morgan fingerprint density at radius 2 is 1.85 bits per heavy atom. The van der Waals surface area contributed by atoms with Crippen molar-refractivity contribution in [3.8, 4) is 0 Å². The van der Waals surface area contributed by atoms with Crippen LogP contribution in [0.5, 0.6) is 0 Å². The molecule has 0 aliphatic carbocycles. The van der Waals surface area contributed by atoms with Crippen LogP contribution in [0.15, 0.2) is 0 Å². The zero-order valence-corrected chi connectivity index (χ0v) is 11.2. The third-order valence-electron chi connectivity index (χ3n) is 3.71. The van der Waals surface area contributed by atoms with Crippen molar-refractivity contribution in [2.75, 3.05) is 32.8 Å². The summed E-state index contributed by atoms with van der Waals surface area (Å²) >= 11 is 0. The van der Waals surface area contributed by atoms with E-state index in [0.717, 1.165) is 6.42 Å². The number of rotatable bonds is 2. The monoisotopic (exact) mass is 285 g/mol. The van der Waals surface area contributed by atoms with Gasteiger partial charge in [0.2, 0.25) is 5.91 Å². The number of hydrogen-bond acceptors (Lipinski definition) is 4. The van der Waals surface area contributed by atoms with Gasteiger partial charge in [0, 0.05) is 19.6 Å². The van der Waals surface area contributed by atoms with E-state index in [2.05, 4.69) is 0 Å². The lowest BCUT2D eigenvalue weighted by Gasteiger charge is -2.38. The van der Waals surface area contributed by atoms with Crippen molar-refractivity contribution in [3.05, 3.63) is 0 Å². The van der Waals surface area contributed by atoms with Crippen LogP contribution in [0, 0.1) is 5.92 Å². The van der Waals surface area contributed by atoms with Gasteiger partial charge in [0.05, 0.1) is 19.1 Å². The maximum atomic E-state index is 12.3. The Hall–Kier alpha value is -1.83. The molecule has 0 saturated carbocycles. The summed E-state index contributed by atoms with van der Waals surface area (Å²) in [4.78, 5) is 37.5. The second-order valence-corrected chi connectivity index (χ2v) is 5.11. The Morgan fingerprint density at radius 3 is 2.50 bits per heavy atom. The molecule has 0 spiro atoms. The van der Waals surface area contributed by atoms with Crippen molar-refractivity contribution in [2.24, 2.45) is 11.7 Å². The first kappa shape index (κ1) is 14.6. The van der Waals surface area contributed by atoms with Crippen LogP contribution in [-0.4, -0.2) is 71.7 Å². The van der Waals surface area contributed by atoms with Crippen LogP contribution in [0.4, 0.5) is 4.79 Å². The van der Waals surface area contributed by atoms with Gasteiger partial charge in [-0.3, -0.25) is 4.79 Å². The number of morpholine rings is 1. The summed E-state index contributed by atoms with van der Waals surface area (Å²) in [5.41, 5.74) is 5.28. The SMILES string of the molecule is NC(=O)C1CCCN(C(=O)N2CCOC(C(=O)O)C2)C1. The number of aliphatic carboxylic acids is 1. The normalized spacial score (nSPS) is 27.2. The summed E-state index contributed by atoms with van der Waals surface area (Å²) in [5, 5.41) is 8.93. The minimum Gasteiger partial charge on any atom is -0.479 e. The molecule has 0 aromatic rings. The average molecular weight is 285 g/mol. The van der Waals surface area contributed by atoms with Gasteiger partial charge in [0.25, 0.3) is 0 Å². The molecule has 0 bridgehead atoms. The summed E-state index contributed by atoms with van der Waals surface area (Å²) in [6.45, 7) is 1.48. The molecule has 3 amide bonds. The van der Waals surface area contributed by atoms with E-state index >= 15 is 0 Å². The number of likely N-dealkylation sites (tertiary alicyclic amines) is 1. The smallest absolute Gasteiger partial charge is 0.334 e. The third-order valence-corrected chi connectivity index (χ3v) is 3.71. The predicted octanol–water partition coefficient (Wildman–Crippen LogP) is -0.911. The van der Waals surface area contributed by atoms with E-state index in [1.165, 1.54) is 4.90 Å². The summed E-state index contributed by atoms with van der Waals surface area (Å²) < 4.78 is 5.08. The molecule has 20 heavy (non-hydrogen) atoms. The Morgan fingerprint density at radius 1 is 1.15 bits per heavy atom. The fourth-order valence-corrected chi connectivity index (χ4v) is 2.56. The molecular formula is C12H19N3O5. The number of amides is 3. The molecule has 2 fully saturated rings. The highest BCUT2D eigenvalue weighted by Gasteiger charge is 2.34. The van der Waals surface area contributed by atoms with Gasteiger partial charge in [0.15, 0.2) is 6.10 Å². The number of carbonyl (C=O) groups excluding carboxylic acids is 2. The third kappa shape index (κ3) is 3.19. The molecular weight excluding hydrogens is 266 g/mol. The second kappa shape index (κ2) is 6.08. The van der Waals surface area contributed by atoms with Crippen LogP contribution < -0.4 is 5.73 Å². The number of piperidine rings is 1. The number of primary amides is 1. The van der Waals surface area contributed by atoms with E-state index in [1.54, 1.807) is 4.90 Å². The lowest BCUT2D eigenvalue weighted by Crippen LogP contribution is -2.55. The van der Waals surface area contributed by atoms with E-state index in [1.807, 2.05) is 0 Å². The fraction of sp³-hybridized carbons (Fsp3) is 0.750. The van der Waals surface area contributed by atoms with Crippen LogP contribution in [0.2, 0.25) is 0 Å². The van der Waals surface area contributed by atoms with Crippen LogP contribution in [0.1, 0.15) is 12.8 Å². The summed E-state index contributed by atoms with van der Waals surface area (Å²) in [5.74, 6) is -1.78. The zero-order valence-electron chi connectivity index (χ0n) is 11.2. The largest absolute Gasteiger partial charge is 0.479 e. The van der Waals surface area contributed by atoms with Crippen molar-refractivity contribution < 1.29 is 24.2 Å². The van der Waals surface area contributed by atoms with Crippen molar-refractivity contribution in [1.29, 1.82) is 0 Å². The van der Waals surface area contributed by atoms with Gasteiger partial charge < -0.3 is 25.4 Å². The quantitative estimate of drug-likeness (QED) is 0.682. The van der Waals surface area contributed by atoms with Crippen LogP contribution >= 0.6 is 0 Å². The van der Waals surface area contributed by atoms with E-state index < -0.39 is 18.0 Å². The molecule has 2 aliphatic rings. The van der Waals surface area contributed by atoms with Crippen molar-refractivity contribution in [3.63, 3.8) is 0 Å². The predicted molar refractivity (Wildman–Crippen MR) is 67.8 cm³/mol. The van der Waals surface area contributed by atoms with E-state index in [9.17, 15) is 14.4 Å². The Labute approximate surface area is 116 Å². The molecule has 0 radical (unpaired) electrons. The maximum absolute atomic E-state index is 12.3. The number of urea groups is 1. The van der Waals surface area contributed by atoms with Gasteiger partial charge in [0.1, 0.15) is 0 Å². The highest BCUT2D eigenvalue weighted by Crippen LogP contribution is 2.18. The average Bonchev–Trinajstić information content (AvgIpc) is 2.46. The number of hydrogen-bond donors (Lipinski definition) is 2. The standard InChI is InChI=1S/C12H19N3O5/c13-10(16)8-2-1-3-14(6-8)12(19)15-4-5-20-9(7-15)11(17)18/h8-9H,1-7H2,(H2,13,16)(H,17,18). The van der Waals surface area contributed by atoms with Crippen LogP contribution in [0.25, 0.3) is 0 Å². The van der Waals surface area contributed by atoms with E-state index in [4.69, 9.17) is 15.6 Å². The number of carbonyl (C=O) groups is 3. The highest BCUT2D eigenvalue weighted by molar-refractivity contribution is 5.80. The Bertz CT molecular complexity index is 378. The van der Waals surface area contributed by atoms with Crippen molar-refractivity contribution in [2.45, 2.75) is 18.9 Å². The molecule has 0 aromatic heterocycles. The molecule has 2 saturated heterocycles. The first-order valence-corrected chi connectivity index (χ1v) is 6.66. The van der Waals surface area contributed by atoms with Crippen LogP contribution in [-0.2, 0) is 14.3 Å². The molecule has 3 N–H and O–H groups in total. The van der Waals surface area contributed by atoms with Gasteiger partial charge in [-0.15, -0.1) is 0 Å². The summed E-state index contributed by atoms with van der Waals surface area (Å²) in [6, 6.07) is -0.245. The molecule has 0 aromatic carbocycles. The molecule has 2 atom stereocenters. The van der Waals surface area contributed by atoms with Crippen LogP contribution in [0.3, 0.4) is 0 Å². The first-order chi connectivity index (χ1) is 9.49. The number of nitrogens with zero attached hydrogens (tertiary/aromatic N) is 2. The van der Waals surface area contributed by atoms with Crippen molar-refractivity contribution >= 4 is 17.9 Å². The summed E-state index contributed by atoms with van der Waals surface area (Å²) in [6.07, 6.45) is 0.441. The highest BCUT2D eigenvalue weighted by atomic mass is 16.5. The minimum atomic E-state index is -1.07. The van der Waals surface area contributed by atoms with E-state index in [0.29, 0.717) is 26.1 Å². The summed E-state index contributed by atoms with van der Waals surface area (Å²) in [7, 11) is 0. The van der Waals surface area contributed by atoms with Gasteiger partial charge in [-0.2, -0.15) is 0 Å². The fourth-order valence-electron chi connectivity index (χ4n) is 2.56. The lowest BCUT2D eigenvalue weighted by atomic mass is 9.98. The van der Waals surface area contributed by atoms with Gasteiger partial charge in [-0.1, -0.05) is 0 Å². The van der Waals surface area contributed by atoms with Crippen molar-refractivity contribution in [1.82, 2.24) is 9.80 Å². The molecule has 2 rings (SSSR count). The lowest BCUT2D eigenvalue weighted by molar-refractivity contribution is -0.154. The van der Waals surface area contributed by atoms with Gasteiger partial charge in [-0.25, -0.2) is 9.59 Å². The molecule has 2 heterocycles. The van der Waals surface area contributed by atoms with Gasteiger partial charge >= 0.3 is 12.0 Å². The zero-order chi connectivity index (χ0) is 14.7. The Kier molecular flexibility index (Phi) is 4.43. The maximum Gasteiger partial charge on any atom is 0.334 e. The van der Waals surface area contributed by atoms with Gasteiger partial charge in [-0.05, 0) is 12.8 Å². The topological polar surface area (TPSA) is 113 Å². The second-order valence-electron chi connectivity index (χ2n) is 5.11. The molecule has 112 valence electrons. The Balaban J connectivity index is 1.96. The number of nitrogens with two attached hydrogens (primary N) is 1. The van der Waals surface area contributed by atoms with E-state index in [-0.39, 0.29) is 25.1 Å². The number of carboxylic acid groups (broad SMARTS) is 1. The molecule has 8 nitrogen and oxygen atoms in total.